The maximum atomic E-state index is 13.4. The number of carbonyl (C=O) groups is 3. The van der Waals surface area contributed by atoms with Gasteiger partial charge < -0.3 is 26.0 Å². The average Bonchev–Trinajstić information content (AvgIpc) is 3.68. The molecule has 2 aromatic carbocycles. The molecule has 5 rings (SSSR count). The topological polar surface area (TPSA) is 138 Å². The highest BCUT2D eigenvalue weighted by molar-refractivity contribution is 7.10. The molecule has 42 heavy (non-hydrogen) atoms. The molecule has 2 aliphatic rings. The SMILES string of the molecule is COC[C@H]1C[C@@H](C(=O)N[C@H](C)c2cc(C(=N)N)cs2)N(C(=O)CNC(=O)c2ccc3c(c2)-c2ccccc2C3(C)C)C1. The second-order valence-electron chi connectivity index (χ2n) is 11.6. The fraction of sp³-hybridized carbons (Fsp3) is 0.375. The van der Waals surface area contributed by atoms with Gasteiger partial charge in [0.1, 0.15) is 11.9 Å². The van der Waals surface area contributed by atoms with Crippen molar-refractivity contribution in [2.45, 2.75) is 44.7 Å². The number of fused-ring (bicyclic) bond motifs is 3. The summed E-state index contributed by atoms with van der Waals surface area (Å²) in [5.41, 5.74) is 11.1. The third kappa shape index (κ3) is 5.56. The van der Waals surface area contributed by atoms with E-state index in [1.54, 1.807) is 29.5 Å². The van der Waals surface area contributed by atoms with Crippen LogP contribution in [0, 0.1) is 11.3 Å². The monoisotopic (exact) mass is 587 g/mol. The Morgan fingerprint density at radius 3 is 2.57 bits per heavy atom. The van der Waals surface area contributed by atoms with E-state index in [9.17, 15) is 14.4 Å². The second-order valence-corrected chi connectivity index (χ2v) is 12.6. The van der Waals surface area contributed by atoms with Crippen LogP contribution in [0.25, 0.3) is 11.1 Å². The summed E-state index contributed by atoms with van der Waals surface area (Å²) in [6, 6.07) is 14.7. The summed E-state index contributed by atoms with van der Waals surface area (Å²) in [6.45, 7) is 6.80. The number of hydrogen-bond donors (Lipinski definition) is 4. The number of carbonyl (C=O) groups excluding carboxylic acids is 3. The van der Waals surface area contributed by atoms with Gasteiger partial charge in [-0.2, -0.15) is 0 Å². The highest BCUT2D eigenvalue weighted by atomic mass is 32.1. The van der Waals surface area contributed by atoms with E-state index in [-0.39, 0.29) is 47.5 Å². The Balaban J connectivity index is 1.26. The Labute approximate surface area is 249 Å². The molecule has 0 spiro atoms. The van der Waals surface area contributed by atoms with Crippen molar-refractivity contribution in [1.29, 1.82) is 5.41 Å². The second kappa shape index (κ2) is 11.7. The molecule has 3 atom stereocenters. The standard InChI is InChI=1S/C32H37N5O4S/c1-18(27-13-21(17-42-27)29(33)34)36-31(40)26-11-19(16-41-4)15-37(26)28(38)14-35-30(39)20-9-10-25-23(12-20)22-7-5-6-8-24(22)32(25,2)3/h5-10,12-13,17-19,26H,11,14-16H2,1-4H3,(H3,33,34)(H,35,39)(H,36,40)/t18-,19+,26+/m1/s1. The average molecular weight is 588 g/mol. The van der Waals surface area contributed by atoms with Crippen molar-refractivity contribution < 1.29 is 19.1 Å². The molecular weight excluding hydrogens is 550 g/mol. The lowest BCUT2D eigenvalue weighted by Crippen LogP contribution is -2.49. The van der Waals surface area contributed by atoms with E-state index in [1.807, 2.05) is 31.2 Å². The van der Waals surface area contributed by atoms with E-state index in [2.05, 4.69) is 36.6 Å². The van der Waals surface area contributed by atoms with Crippen molar-refractivity contribution in [1.82, 2.24) is 15.5 Å². The first-order valence-corrected chi connectivity index (χ1v) is 14.9. The van der Waals surface area contributed by atoms with Crippen LogP contribution in [-0.4, -0.2) is 61.3 Å². The van der Waals surface area contributed by atoms with E-state index in [0.29, 0.717) is 30.7 Å². The van der Waals surface area contributed by atoms with Gasteiger partial charge in [0.2, 0.25) is 11.8 Å². The van der Waals surface area contributed by atoms with Crippen LogP contribution in [0.15, 0.2) is 53.9 Å². The van der Waals surface area contributed by atoms with Gasteiger partial charge >= 0.3 is 0 Å². The van der Waals surface area contributed by atoms with Crippen LogP contribution < -0.4 is 16.4 Å². The number of benzene rings is 2. The molecule has 1 aromatic heterocycles. The number of amides is 3. The number of methoxy groups -OCH3 is 1. The van der Waals surface area contributed by atoms with Gasteiger partial charge in [0.15, 0.2) is 0 Å². The van der Waals surface area contributed by atoms with Crippen LogP contribution in [-0.2, 0) is 19.7 Å². The predicted octanol–water partition coefficient (Wildman–Crippen LogP) is 3.81. The van der Waals surface area contributed by atoms with Crippen molar-refractivity contribution in [2.24, 2.45) is 11.7 Å². The highest BCUT2D eigenvalue weighted by Crippen LogP contribution is 2.48. The van der Waals surface area contributed by atoms with Gasteiger partial charge in [-0.05, 0) is 53.8 Å². The number of ether oxygens (including phenoxy) is 1. The van der Waals surface area contributed by atoms with Crippen molar-refractivity contribution >= 4 is 34.9 Å². The first-order chi connectivity index (χ1) is 20.0. The Morgan fingerprint density at radius 1 is 1.12 bits per heavy atom. The van der Waals surface area contributed by atoms with Crippen molar-refractivity contribution in [3.63, 3.8) is 0 Å². The summed E-state index contributed by atoms with van der Waals surface area (Å²) >= 11 is 1.42. The molecule has 1 fully saturated rings. The molecule has 0 bridgehead atoms. The number of nitrogen functional groups attached to an aromatic ring is 1. The fourth-order valence-electron chi connectivity index (χ4n) is 6.13. The lowest BCUT2D eigenvalue weighted by Gasteiger charge is -2.25. The maximum absolute atomic E-state index is 13.4. The molecule has 0 unspecified atom stereocenters. The van der Waals surface area contributed by atoms with Crippen molar-refractivity contribution in [3.8, 4) is 11.1 Å². The number of nitrogens with one attached hydrogen (secondary N) is 3. The minimum absolute atomic E-state index is 0.00638. The fourth-order valence-corrected chi connectivity index (χ4v) is 7.04. The minimum atomic E-state index is -0.678. The first kappa shape index (κ1) is 29.5. The molecule has 1 aliphatic carbocycles. The van der Waals surface area contributed by atoms with Crippen LogP contribution in [0.5, 0.6) is 0 Å². The van der Waals surface area contributed by atoms with E-state index in [0.717, 1.165) is 16.0 Å². The minimum Gasteiger partial charge on any atom is -0.384 e. The van der Waals surface area contributed by atoms with Crippen molar-refractivity contribution in [2.75, 3.05) is 26.8 Å². The lowest BCUT2D eigenvalue weighted by atomic mass is 9.82. The Hall–Kier alpha value is -4.02. The summed E-state index contributed by atoms with van der Waals surface area (Å²) in [5.74, 6) is -0.945. The largest absolute Gasteiger partial charge is 0.384 e. The predicted molar refractivity (Wildman–Crippen MR) is 164 cm³/mol. The zero-order valence-corrected chi connectivity index (χ0v) is 25.1. The molecule has 220 valence electrons. The van der Waals surface area contributed by atoms with Gasteiger partial charge in [-0.3, -0.25) is 19.8 Å². The van der Waals surface area contributed by atoms with E-state index >= 15 is 0 Å². The quantitative estimate of drug-likeness (QED) is 0.223. The number of likely N-dealkylation sites (tertiary alicyclic amines) is 1. The van der Waals surface area contributed by atoms with Gasteiger partial charge in [0.25, 0.3) is 5.91 Å². The number of nitrogens with zero attached hydrogens (tertiary/aromatic N) is 1. The molecule has 3 amide bonds. The van der Waals surface area contributed by atoms with E-state index in [4.69, 9.17) is 15.9 Å². The third-order valence-corrected chi connectivity index (χ3v) is 9.49. The number of thiophene rings is 1. The van der Waals surface area contributed by atoms with Crippen molar-refractivity contribution in [3.05, 3.63) is 81.0 Å². The summed E-state index contributed by atoms with van der Waals surface area (Å²) < 4.78 is 5.32. The molecule has 2 heterocycles. The number of rotatable bonds is 9. The molecule has 10 heteroatoms. The molecule has 1 saturated heterocycles. The number of amidine groups is 1. The highest BCUT2D eigenvalue weighted by Gasteiger charge is 2.40. The zero-order chi connectivity index (χ0) is 30.2. The molecular formula is C32H37N5O4S. The number of nitrogens with two attached hydrogens (primary N) is 1. The molecule has 0 saturated carbocycles. The lowest BCUT2D eigenvalue weighted by molar-refractivity contribution is -0.138. The van der Waals surface area contributed by atoms with Gasteiger partial charge in [0.05, 0.1) is 19.2 Å². The first-order valence-electron chi connectivity index (χ1n) is 14.1. The van der Waals surface area contributed by atoms with E-state index < -0.39 is 6.04 Å². The van der Waals surface area contributed by atoms with E-state index in [1.165, 1.54) is 22.5 Å². The smallest absolute Gasteiger partial charge is 0.251 e. The third-order valence-electron chi connectivity index (χ3n) is 8.38. The normalized spacial score (nSPS) is 19.1. The Morgan fingerprint density at radius 2 is 1.86 bits per heavy atom. The number of hydrogen-bond acceptors (Lipinski definition) is 6. The van der Waals surface area contributed by atoms with Gasteiger partial charge in [0, 0.05) is 46.4 Å². The van der Waals surface area contributed by atoms with Crippen LogP contribution in [0.4, 0.5) is 0 Å². The van der Waals surface area contributed by atoms with Gasteiger partial charge in [-0.1, -0.05) is 44.2 Å². The van der Waals surface area contributed by atoms with Crippen LogP contribution in [0.3, 0.4) is 0 Å². The molecule has 3 aromatic rings. The van der Waals surface area contributed by atoms with Crippen LogP contribution >= 0.6 is 11.3 Å². The summed E-state index contributed by atoms with van der Waals surface area (Å²) in [5, 5.41) is 15.2. The molecule has 5 N–H and O–H groups in total. The molecule has 0 radical (unpaired) electrons. The van der Waals surface area contributed by atoms with Crippen LogP contribution in [0.1, 0.15) is 65.2 Å². The maximum Gasteiger partial charge on any atom is 0.251 e. The zero-order valence-electron chi connectivity index (χ0n) is 24.3. The van der Waals surface area contributed by atoms with Gasteiger partial charge in [-0.25, -0.2) is 0 Å². The van der Waals surface area contributed by atoms with Gasteiger partial charge in [-0.15, -0.1) is 11.3 Å². The summed E-state index contributed by atoms with van der Waals surface area (Å²) in [7, 11) is 1.60. The Kier molecular flexibility index (Phi) is 8.21. The van der Waals surface area contributed by atoms with Crippen LogP contribution in [0.2, 0.25) is 0 Å². The molecule has 9 nitrogen and oxygen atoms in total. The summed E-state index contributed by atoms with van der Waals surface area (Å²) in [4.78, 5) is 42.3. The Bertz CT molecular complexity index is 1550. The molecule has 1 aliphatic heterocycles. The summed E-state index contributed by atoms with van der Waals surface area (Å²) in [6.07, 6.45) is 0.467.